The van der Waals surface area contributed by atoms with E-state index in [-0.39, 0.29) is 24.3 Å². The van der Waals surface area contributed by atoms with Gasteiger partial charge in [-0.1, -0.05) is 11.6 Å². The summed E-state index contributed by atoms with van der Waals surface area (Å²) in [6.07, 6.45) is 3.13. The summed E-state index contributed by atoms with van der Waals surface area (Å²) in [5.74, 6) is -0.306. The first kappa shape index (κ1) is 14.3. The Morgan fingerprint density at radius 2 is 2.26 bits per heavy atom. The van der Waals surface area contributed by atoms with E-state index in [1.807, 2.05) is 0 Å². The van der Waals surface area contributed by atoms with Crippen LogP contribution in [0.15, 0.2) is 12.1 Å². The summed E-state index contributed by atoms with van der Waals surface area (Å²) in [6, 6.07) is 3.40. The molecule has 2 heterocycles. The Labute approximate surface area is 121 Å². The quantitative estimate of drug-likeness (QED) is 0.806. The molecule has 1 atom stereocenters. The predicted octanol–water partition coefficient (Wildman–Crippen LogP) is 2.96. The molecule has 19 heavy (non-hydrogen) atoms. The molecular weight excluding hydrogens is 286 g/mol. The van der Waals surface area contributed by atoms with Crippen LogP contribution in [0, 0.1) is 0 Å². The first-order chi connectivity index (χ1) is 9.11. The monoisotopic (exact) mass is 301 g/mol. The van der Waals surface area contributed by atoms with E-state index in [0.717, 1.165) is 19.3 Å². The lowest BCUT2D eigenvalue weighted by Gasteiger charge is -2.34. The van der Waals surface area contributed by atoms with Crippen molar-refractivity contribution in [3.8, 4) is 0 Å². The molecule has 0 aliphatic carbocycles. The SMILES string of the molecule is COC(=O)CC1CCCCN1C(=O)c1ccc(Cl)s1. The van der Waals surface area contributed by atoms with E-state index in [9.17, 15) is 9.59 Å². The third kappa shape index (κ3) is 3.48. The molecule has 1 saturated heterocycles. The molecule has 1 aliphatic rings. The lowest BCUT2D eigenvalue weighted by molar-refractivity contribution is -0.142. The van der Waals surface area contributed by atoms with Gasteiger partial charge in [0.1, 0.15) is 0 Å². The van der Waals surface area contributed by atoms with Gasteiger partial charge < -0.3 is 9.64 Å². The summed E-state index contributed by atoms with van der Waals surface area (Å²) in [6.45, 7) is 0.690. The Bertz CT molecular complexity index is 474. The second-order valence-electron chi connectivity index (χ2n) is 4.53. The zero-order valence-electron chi connectivity index (χ0n) is 10.7. The van der Waals surface area contributed by atoms with Gasteiger partial charge in [0, 0.05) is 12.6 Å². The lowest BCUT2D eigenvalue weighted by atomic mass is 9.99. The lowest BCUT2D eigenvalue weighted by Crippen LogP contribution is -2.44. The van der Waals surface area contributed by atoms with Crippen molar-refractivity contribution in [1.82, 2.24) is 4.90 Å². The van der Waals surface area contributed by atoms with Gasteiger partial charge in [0.25, 0.3) is 5.91 Å². The van der Waals surface area contributed by atoms with Crippen LogP contribution in [0.4, 0.5) is 0 Å². The number of carbonyl (C=O) groups excluding carboxylic acids is 2. The van der Waals surface area contributed by atoms with Crippen LogP contribution in [0.3, 0.4) is 0 Å². The maximum Gasteiger partial charge on any atom is 0.307 e. The summed E-state index contributed by atoms with van der Waals surface area (Å²) in [5, 5.41) is 0. The number of likely N-dealkylation sites (tertiary alicyclic amines) is 1. The van der Waals surface area contributed by atoms with Crippen LogP contribution < -0.4 is 0 Å². The van der Waals surface area contributed by atoms with Crippen molar-refractivity contribution in [2.75, 3.05) is 13.7 Å². The zero-order valence-corrected chi connectivity index (χ0v) is 12.3. The average molecular weight is 302 g/mol. The van der Waals surface area contributed by atoms with E-state index in [2.05, 4.69) is 0 Å². The minimum atomic E-state index is -0.270. The highest BCUT2D eigenvalue weighted by Crippen LogP contribution is 2.27. The normalized spacial score (nSPS) is 19.3. The van der Waals surface area contributed by atoms with Gasteiger partial charge in [-0.2, -0.15) is 0 Å². The summed E-state index contributed by atoms with van der Waals surface area (Å²) in [7, 11) is 1.37. The molecule has 1 amide bonds. The first-order valence-electron chi connectivity index (χ1n) is 6.25. The van der Waals surface area contributed by atoms with Crippen LogP contribution >= 0.6 is 22.9 Å². The molecule has 2 rings (SSSR count). The fourth-order valence-electron chi connectivity index (χ4n) is 2.33. The molecular formula is C13H16ClNO3S. The van der Waals surface area contributed by atoms with Crippen molar-refractivity contribution in [2.45, 2.75) is 31.7 Å². The number of hydrogen-bond donors (Lipinski definition) is 0. The van der Waals surface area contributed by atoms with Crippen LogP contribution in [0.1, 0.15) is 35.4 Å². The van der Waals surface area contributed by atoms with Crippen LogP contribution in [-0.4, -0.2) is 36.5 Å². The van der Waals surface area contributed by atoms with E-state index in [4.69, 9.17) is 16.3 Å². The van der Waals surface area contributed by atoms with Crippen molar-refractivity contribution in [3.63, 3.8) is 0 Å². The number of piperidine rings is 1. The highest BCUT2D eigenvalue weighted by Gasteiger charge is 2.30. The van der Waals surface area contributed by atoms with E-state index in [1.165, 1.54) is 18.4 Å². The second kappa shape index (κ2) is 6.39. The Kier molecular flexibility index (Phi) is 4.82. The molecule has 0 saturated carbocycles. The predicted molar refractivity (Wildman–Crippen MR) is 74.6 cm³/mol. The number of rotatable bonds is 3. The summed E-state index contributed by atoms with van der Waals surface area (Å²) in [4.78, 5) is 26.2. The molecule has 1 aliphatic heterocycles. The largest absolute Gasteiger partial charge is 0.469 e. The van der Waals surface area contributed by atoms with Gasteiger partial charge in [-0.15, -0.1) is 11.3 Å². The van der Waals surface area contributed by atoms with Crippen molar-refractivity contribution in [1.29, 1.82) is 0 Å². The Morgan fingerprint density at radius 3 is 2.89 bits per heavy atom. The molecule has 1 unspecified atom stereocenters. The van der Waals surface area contributed by atoms with Crippen LogP contribution in [0.5, 0.6) is 0 Å². The number of esters is 1. The van der Waals surface area contributed by atoms with Gasteiger partial charge in [0.05, 0.1) is 22.7 Å². The molecule has 1 fully saturated rings. The second-order valence-corrected chi connectivity index (χ2v) is 6.25. The van der Waals surface area contributed by atoms with Gasteiger partial charge in [-0.05, 0) is 31.4 Å². The molecule has 1 aromatic rings. The van der Waals surface area contributed by atoms with Crippen molar-refractivity contribution >= 4 is 34.8 Å². The van der Waals surface area contributed by atoms with E-state index < -0.39 is 0 Å². The Balaban J connectivity index is 2.10. The van der Waals surface area contributed by atoms with Crippen molar-refractivity contribution in [3.05, 3.63) is 21.3 Å². The van der Waals surface area contributed by atoms with Gasteiger partial charge in [0.2, 0.25) is 0 Å². The smallest absolute Gasteiger partial charge is 0.307 e. The Hall–Kier alpha value is -1.07. The number of methoxy groups -OCH3 is 1. The van der Waals surface area contributed by atoms with Crippen LogP contribution in [0.2, 0.25) is 4.34 Å². The summed E-state index contributed by atoms with van der Waals surface area (Å²) in [5.41, 5.74) is 0. The van der Waals surface area contributed by atoms with Crippen LogP contribution in [0.25, 0.3) is 0 Å². The number of thiophene rings is 1. The maximum absolute atomic E-state index is 12.4. The third-order valence-electron chi connectivity index (χ3n) is 3.30. The summed E-state index contributed by atoms with van der Waals surface area (Å²) < 4.78 is 5.30. The number of carbonyl (C=O) groups is 2. The molecule has 4 nitrogen and oxygen atoms in total. The van der Waals surface area contributed by atoms with Crippen molar-refractivity contribution in [2.24, 2.45) is 0 Å². The minimum absolute atomic E-state index is 0.0366. The molecule has 0 bridgehead atoms. The highest BCUT2D eigenvalue weighted by molar-refractivity contribution is 7.17. The Morgan fingerprint density at radius 1 is 1.47 bits per heavy atom. The number of halogens is 1. The standard InChI is InChI=1S/C13H16ClNO3S/c1-18-12(16)8-9-4-2-3-7-15(9)13(17)10-5-6-11(14)19-10/h5-6,9H,2-4,7-8H2,1H3. The number of nitrogens with zero attached hydrogens (tertiary/aromatic N) is 1. The van der Waals surface area contributed by atoms with Gasteiger partial charge in [-0.3, -0.25) is 9.59 Å². The molecule has 0 N–H and O–H groups in total. The maximum atomic E-state index is 12.4. The minimum Gasteiger partial charge on any atom is -0.469 e. The van der Waals surface area contributed by atoms with Gasteiger partial charge in [-0.25, -0.2) is 0 Å². The van der Waals surface area contributed by atoms with Crippen molar-refractivity contribution < 1.29 is 14.3 Å². The number of hydrogen-bond acceptors (Lipinski definition) is 4. The molecule has 0 aromatic carbocycles. The molecule has 1 aromatic heterocycles. The number of ether oxygens (including phenoxy) is 1. The summed E-state index contributed by atoms with van der Waals surface area (Å²) >= 11 is 7.13. The van der Waals surface area contributed by atoms with Crippen LogP contribution in [-0.2, 0) is 9.53 Å². The molecule has 104 valence electrons. The highest BCUT2D eigenvalue weighted by atomic mass is 35.5. The molecule has 0 radical (unpaired) electrons. The first-order valence-corrected chi connectivity index (χ1v) is 7.44. The fourth-order valence-corrected chi connectivity index (χ4v) is 3.33. The van der Waals surface area contributed by atoms with E-state index in [1.54, 1.807) is 17.0 Å². The topological polar surface area (TPSA) is 46.6 Å². The fraction of sp³-hybridized carbons (Fsp3) is 0.538. The number of amides is 1. The van der Waals surface area contributed by atoms with Gasteiger partial charge in [0.15, 0.2) is 0 Å². The van der Waals surface area contributed by atoms with Gasteiger partial charge >= 0.3 is 5.97 Å². The molecule has 0 spiro atoms. The third-order valence-corrected chi connectivity index (χ3v) is 4.52. The average Bonchev–Trinajstić information content (AvgIpc) is 2.85. The van der Waals surface area contributed by atoms with E-state index >= 15 is 0 Å². The molecule has 6 heteroatoms. The van der Waals surface area contributed by atoms with E-state index in [0.29, 0.717) is 15.8 Å². The zero-order chi connectivity index (χ0) is 13.8.